The Labute approximate surface area is 190 Å². The standard InChI is InChI=1S/C22H47N2O6P/c1-6-8-9-10-11-12-13-14-15-16-17-21(20-28-22(25)23-7-2)30-31(26,27)29-19-18-24(3,4)5/h21H,6-20H2,1-5H3,(H-,23,25,26,27)/p+1. The molecule has 0 rings (SSSR count). The molecule has 0 aliphatic rings. The number of carbonyl (C=O) groups excluding carboxylic acids is 1. The van der Waals surface area contributed by atoms with Crippen LogP contribution >= 0.6 is 7.82 Å². The molecule has 2 N–H and O–H groups in total. The van der Waals surface area contributed by atoms with Crippen LogP contribution in [0.2, 0.25) is 0 Å². The molecule has 0 aliphatic carbocycles. The summed E-state index contributed by atoms with van der Waals surface area (Å²) < 4.78 is 28.5. The van der Waals surface area contributed by atoms with E-state index in [9.17, 15) is 14.3 Å². The largest absolute Gasteiger partial charge is 0.472 e. The zero-order chi connectivity index (χ0) is 23.6. The van der Waals surface area contributed by atoms with Crippen molar-refractivity contribution in [1.29, 1.82) is 0 Å². The molecule has 2 unspecified atom stereocenters. The SMILES string of the molecule is CCCCCCCCCCCCC(COC(=O)NCC)OP(=O)(O)OCC[N+](C)(C)C. The molecule has 0 aromatic carbocycles. The Bertz CT molecular complexity index is 499. The summed E-state index contributed by atoms with van der Waals surface area (Å²) in [6, 6.07) is 0. The van der Waals surface area contributed by atoms with Crippen LogP contribution in [0, 0.1) is 0 Å². The first-order valence-electron chi connectivity index (χ1n) is 12.0. The Kier molecular flexibility index (Phi) is 17.5. The van der Waals surface area contributed by atoms with Gasteiger partial charge in [0.15, 0.2) is 0 Å². The van der Waals surface area contributed by atoms with Crippen LogP contribution < -0.4 is 5.32 Å². The monoisotopic (exact) mass is 467 g/mol. The van der Waals surface area contributed by atoms with E-state index < -0.39 is 20.0 Å². The summed E-state index contributed by atoms with van der Waals surface area (Å²) in [4.78, 5) is 21.6. The van der Waals surface area contributed by atoms with Gasteiger partial charge in [-0.1, -0.05) is 71.1 Å². The van der Waals surface area contributed by atoms with Gasteiger partial charge in [0, 0.05) is 6.54 Å². The Hall–Kier alpha value is -0.660. The molecule has 186 valence electrons. The van der Waals surface area contributed by atoms with E-state index in [-0.39, 0.29) is 13.2 Å². The van der Waals surface area contributed by atoms with Crippen molar-refractivity contribution in [2.45, 2.75) is 90.6 Å². The minimum atomic E-state index is -4.21. The molecule has 0 heterocycles. The number of ether oxygens (including phenoxy) is 1. The van der Waals surface area contributed by atoms with E-state index in [4.69, 9.17) is 13.8 Å². The maximum atomic E-state index is 12.3. The van der Waals surface area contributed by atoms with E-state index in [1.165, 1.54) is 44.9 Å². The van der Waals surface area contributed by atoms with Crippen LogP contribution in [0.15, 0.2) is 0 Å². The lowest BCUT2D eigenvalue weighted by molar-refractivity contribution is -0.870. The average molecular weight is 468 g/mol. The van der Waals surface area contributed by atoms with Crippen molar-refractivity contribution < 1.29 is 32.5 Å². The van der Waals surface area contributed by atoms with Crippen molar-refractivity contribution in [3.63, 3.8) is 0 Å². The van der Waals surface area contributed by atoms with Crippen molar-refractivity contribution in [3.8, 4) is 0 Å². The first-order chi connectivity index (χ1) is 14.6. The lowest BCUT2D eigenvalue weighted by Gasteiger charge is -2.25. The number of alkyl carbamates (subject to hydrolysis) is 1. The third-order valence-corrected chi connectivity index (χ3v) is 5.97. The third kappa shape index (κ3) is 21.0. The van der Waals surface area contributed by atoms with Gasteiger partial charge in [0.25, 0.3) is 0 Å². The fourth-order valence-electron chi connectivity index (χ4n) is 3.04. The number of unbranched alkanes of at least 4 members (excludes halogenated alkanes) is 9. The smallest absolute Gasteiger partial charge is 0.447 e. The minimum absolute atomic E-state index is 0.0769. The second kappa shape index (κ2) is 17.8. The van der Waals surface area contributed by atoms with Crippen LogP contribution in [0.3, 0.4) is 0 Å². The Morgan fingerprint density at radius 1 is 0.968 bits per heavy atom. The van der Waals surface area contributed by atoms with Gasteiger partial charge in [0.05, 0.1) is 21.1 Å². The number of phosphoric ester groups is 1. The molecule has 0 aromatic heterocycles. The van der Waals surface area contributed by atoms with Crippen LogP contribution in [0.25, 0.3) is 0 Å². The summed E-state index contributed by atoms with van der Waals surface area (Å²) in [6.07, 6.45) is 11.3. The topological polar surface area (TPSA) is 94.1 Å². The number of hydrogen-bond donors (Lipinski definition) is 2. The molecule has 8 nitrogen and oxygen atoms in total. The fourth-order valence-corrected chi connectivity index (χ4v) is 3.96. The molecule has 2 atom stereocenters. The van der Waals surface area contributed by atoms with E-state index in [1.807, 2.05) is 21.1 Å². The number of hydrogen-bond acceptors (Lipinski definition) is 5. The molecule has 0 fully saturated rings. The third-order valence-electron chi connectivity index (χ3n) is 4.90. The van der Waals surface area contributed by atoms with E-state index in [1.54, 1.807) is 6.92 Å². The molecule has 0 aromatic rings. The molecule has 0 spiro atoms. The second-order valence-corrected chi connectivity index (χ2v) is 10.5. The lowest BCUT2D eigenvalue weighted by Crippen LogP contribution is -2.37. The van der Waals surface area contributed by atoms with Gasteiger partial charge in [0.2, 0.25) is 0 Å². The van der Waals surface area contributed by atoms with Crippen LogP contribution in [-0.2, 0) is 18.3 Å². The van der Waals surface area contributed by atoms with E-state index in [2.05, 4.69) is 12.2 Å². The zero-order valence-electron chi connectivity index (χ0n) is 20.6. The number of quaternary nitrogens is 1. The molecule has 0 saturated carbocycles. The summed E-state index contributed by atoms with van der Waals surface area (Å²) in [7, 11) is 1.71. The molecular weight excluding hydrogens is 419 g/mol. The molecule has 1 amide bonds. The minimum Gasteiger partial charge on any atom is -0.447 e. The zero-order valence-corrected chi connectivity index (χ0v) is 21.5. The first-order valence-corrected chi connectivity index (χ1v) is 13.5. The van der Waals surface area contributed by atoms with Crippen LogP contribution in [0.4, 0.5) is 4.79 Å². The maximum Gasteiger partial charge on any atom is 0.472 e. The molecule has 0 saturated heterocycles. The van der Waals surface area contributed by atoms with Gasteiger partial charge in [-0.2, -0.15) is 0 Å². The van der Waals surface area contributed by atoms with Crippen LogP contribution in [-0.4, -0.2) is 69.0 Å². The van der Waals surface area contributed by atoms with Gasteiger partial charge in [-0.25, -0.2) is 9.36 Å². The first kappa shape index (κ1) is 30.3. The summed E-state index contributed by atoms with van der Waals surface area (Å²) in [5.74, 6) is 0. The average Bonchev–Trinajstić information content (AvgIpc) is 2.66. The van der Waals surface area contributed by atoms with E-state index in [0.717, 1.165) is 19.3 Å². The van der Waals surface area contributed by atoms with Gasteiger partial charge in [-0.05, 0) is 13.3 Å². The van der Waals surface area contributed by atoms with Crippen molar-refractivity contribution in [3.05, 3.63) is 0 Å². The van der Waals surface area contributed by atoms with Gasteiger partial charge in [0.1, 0.15) is 25.9 Å². The summed E-state index contributed by atoms with van der Waals surface area (Å²) >= 11 is 0. The van der Waals surface area contributed by atoms with Crippen molar-refractivity contribution in [2.24, 2.45) is 0 Å². The van der Waals surface area contributed by atoms with Gasteiger partial charge in [-0.15, -0.1) is 0 Å². The lowest BCUT2D eigenvalue weighted by atomic mass is 10.0. The molecule has 31 heavy (non-hydrogen) atoms. The predicted octanol–water partition coefficient (Wildman–Crippen LogP) is 5.25. The summed E-state index contributed by atoms with van der Waals surface area (Å²) in [6.45, 7) is 5.08. The number of phosphoric acid groups is 1. The maximum absolute atomic E-state index is 12.3. The number of likely N-dealkylation sites (N-methyl/N-ethyl adjacent to an activating group) is 1. The van der Waals surface area contributed by atoms with Crippen LogP contribution in [0.5, 0.6) is 0 Å². The fraction of sp³-hybridized carbons (Fsp3) is 0.955. The van der Waals surface area contributed by atoms with Crippen molar-refractivity contribution >= 4 is 13.9 Å². The summed E-state index contributed by atoms with van der Waals surface area (Å²) in [5, 5.41) is 2.54. The molecule has 0 aliphatic heterocycles. The highest BCUT2D eigenvalue weighted by Gasteiger charge is 2.28. The molecule has 0 radical (unpaired) electrons. The Morgan fingerprint density at radius 2 is 1.52 bits per heavy atom. The van der Waals surface area contributed by atoms with E-state index in [0.29, 0.717) is 24.0 Å². The highest BCUT2D eigenvalue weighted by Crippen LogP contribution is 2.45. The molecular formula is C22H48N2O6P+. The number of nitrogens with zero attached hydrogens (tertiary/aromatic N) is 1. The summed E-state index contributed by atoms with van der Waals surface area (Å²) in [5.41, 5.74) is 0. The Morgan fingerprint density at radius 3 is 2.03 bits per heavy atom. The molecule has 9 heteroatoms. The normalized spacial score (nSPS) is 14.8. The number of carbonyl (C=O) groups is 1. The van der Waals surface area contributed by atoms with Crippen LogP contribution in [0.1, 0.15) is 84.5 Å². The number of rotatable bonds is 20. The van der Waals surface area contributed by atoms with E-state index >= 15 is 0 Å². The van der Waals surface area contributed by atoms with Gasteiger partial charge in [-0.3, -0.25) is 9.05 Å². The van der Waals surface area contributed by atoms with Gasteiger partial charge < -0.3 is 19.4 Å². The predicted molar refractivity (Wildman–Crippen MR) is 125 cm³/mol. The van der Waals surface area contributed by atoms with Gasteiger partial charge >= 0.3 is 13.9 Å². The quantitative estimate of drug-likeness (QED) is 0.144. The second-order valence-electron chi connectivity index (χ2n) is 9.14. The van der Waals surface area contributed by atoms with Crippen molar-refractivity contribution in [2.75, 3.05) is 47.4 Å². The highest BCUT2D eigenvalue weighted by atomic mass is 31.2. The Balaban J connectivity index is 4.31. The number of nitrogens with one attached hydrogen (secondary N) is 1. The number of amides is 1. The highest BCUT2D eigenvalue weighted by molar-refractivity contribution is 7.47. The molecule has 0 bridgehead atoms. The van der Waals surface area contributed by atoms with Crippen molar-refractivity contribution in [1.82, 2.24) is 5.32 Å².